The average Bonchev–Trinajstić information content (AvgIpc) is 3.07. The summed E-state index contributed by atoms with van der Waals surface area (Å²) < 4.78 is 28.9. The minimum atomic E-state index is -0.280. The van der Waals surface area contributed by atoms with Crippen molar-refractivity contribution in [3.8, 4) is 0 Å². The van der Waals surface area contributed by atoms with E-state index in [1.807, 2.05) is 24.3 Å². The van der Waals surface area contributed by atoms with Gasteiger partial charge in [0.05, 0.1) is 17.1 Å². The van der Waals surface area contributed by atoms with Gasteiger partial charge in [0.25, 0.3) is 0 Å². The van der Waals surface area contributed by atoms with E-state index in [4.69, 9.17) is 4.98 Å². The molecule has 132 valence electrons. The maximum absolute atomic E-state index is 13.4. The predicted molar refractivity (Wildman–Crippen MR) is 102 cm³/mol. The molecule has 0 aliphatic carbocycles. The highest BCUT2D eigenvalue weighted by Crippen LogP contribution is 2.36. The monoisotopic (exact) mass is 359 g/mol. The van der Waals surface area contributed by atoms with E-state index >= 15 is 0 Å². The number of benzene rings is 3. The first-order chi connectivity index (χ1) is 13.2. The fraction of sp³-hybridized carbons (Fsp3) is 0.0455. The number of aromatic nitrogens is 2. The number of hydrogen-bond acceptors (Lipinski definition) is 2. The quantitative estimate of drug-likeness (QED) is 0.521. The lowest BCUT2D eigenvalue weighted by molar-refractivity contribution is 0.624. The van der Waals surface area contributed by atoms with E-state index in [9.17, 15) is 8.78 Å². The number of nitrogens with zero attached hydrogens (tertiary/aromatic N) is 2. The maximum Gasteiger partial charge on any atom is 0.209 e. The molecule has 5 rings (SSSR count). The number of nitrogens with one attached hydrogen (secondary N) is 1. The van der Waals surface area contributed by atoms with Crippen LogP contribution in [0.2, 0.25) is 0 Å². The Bertz CT molecular complexity index is 1160. The molecular formula is C22H15F2N3. The lowest BCUT2D eigenvalue weighted by Crippen LogP contribution is -2.19. The number of para-hydroxylation sites is 2. The molecule has 2 heterocycles. The van der Waals surface area contributed by atoms with Crippen LogP contribution in [-0.2, 0) is 0 Å². The first-order valence-electron chi connectivity index (χ1n) is 8.66. The minimum Gasteiger partial charge on any atom is -0.325 e. The largest absolute Gasteiger partial charge is 0.325 e. The molecule has 3 aromatic carbocycles. The standard InChI is InChI=1S/C22H15F2N3/c23-16-9-5-14(6-10-16)19-13-21(15-7-11-17(24)12-8-15)27-20-4-2-1-3-18(20)25-22(27)26-19/h1-13,21H,(H,25,26). The fourth-order valence-corrected chi connectivity index (χ4v) is 3.51. The van der Waals surface area contributed by atoms with Crippen LogP contribution in [0.3, 0.4) is 0 Å². The maximum atomic E-state index is 13.4. The number of imidazole rings is 1. The van der Waals surface area contributed by atoms with Gasteiger partial charge in [0.2, 0.25) is 5.95 Å². The summed E-state index contributed by atoms with van der Waals surface area (Å²) in [5.41, 5.74) is 4.51. The molecule has 1 aliphatic heterocycles. The highest BCUT2D eigenvalue weighted by Gasteiger charge is 2.25. The molecule has 0 amide bonds. The molecule has 0 spiro atoms. The Hall–Kier alpha value is -3.47. The third-order valence-corrected chi connectivity index (χ3v) is 4.81. The Morgan fingerprint density at radius 2 is 1.48 bits per heavy atom. The van der Waals surface area contributed by atoms with Gasteiger partial charge in [-0.25, -0.2) is 13.8 Å². The summed E-state index contributed by atoms with van der Waals surface area (Å²) in [6.45, 7) is 0. The SMILES string of the molecule is Fc1ccc(C2=CC(c3ccc(F)cc3)n3c(nc4ccccc43)N2)cc1. The van der Waals surface area contributed by atoms with Crippen LogP contribution in [0.25, 0.3) is 16.7 Å². The van der Waals surface area contributed by atoms with Gasteiger partial charge in [-0.15, -0.1) is 0 Å². The van der Waals surface area contributed by atoms with Gasteiger partial charge < -0.3 is 5.32 Å². The molecule has 27 heavy (non-hydrogen) atoms. The molecule has 0 fully saturated rings. The third-order valence-electron chi connectivity index (χ3n) is 4.81. The van der Waals surface area contributed by atoms with Crippen molar-refractivity contribution in [3.05, 3.63) is 102 Å². The Kier molecular flexibility index (Phi) is 3.53. The van der Waals surface area contributed by atoms with Crippen LogP contribution in [0.5, 0.6) is 0 Å². The van der Waals surface area contributed by atoms with Crippen molar-refractivity contribution >= 4 is 22.7 Å². The molecule has 1 atom stereocenters. The summed E-state index contributed by atoms with van der Waals surface area (Å²) in [7, 11) is 0. The van der Waals surface area contributed by atoms with Crippen LogP contribution < -0.4 is 5.32 Å². The first-order valence-corrected chi connectivity index (χ1v) is 8.66. The summed E-state index contributed by atoms with van der Waals surface area (Å²) in [5.74, 6) is 0.149. The molecule has 0 bridgehead atoms. The predicted octanol–water partition coefficient (Wildman–Crippen LogP) is 5.37. The minimum absolute atomic E-state index is 0.158. The van der Waals surface area contributed by atoms with Crippen LogP contribution in [0.4, 0.5) is 14.7 Å². The van der Waals surface area contributed by atoms with Gasteiger partial charge in [-0.1, -0.05) is 24.3 Å². The normalized spacial score (nSPS) is 15.9. The molecule has 3 nitrogen and oxygen atoms in total. The fourth-order valence-electron chi connectivity index (χ4n) is 3.51. The second-order valence-corrected chi connectivity index (χ2v) is 6.50. The molecular weight excluding hydrogens is 344 g/mol. The van der Waals surface area contributed by atoms with Crippen LogP contribution in [0.1, 0.15) is 17.2 Å². The Morgan fingerprint density at radius 3 is 2.22 bits per heavy atom. The number of rotatable bonds is 2. The number of hydrogen-bond donors (Lipinski definition) is 1. The Labute approximate surface area is 154 Å². The summed E-state index contributed by atoms with van der Waals surface area (Å²) >= 11 is 0. The molecule has 1 unspecified atom stereocenters. The average molecular weight is 359 g/mol. The van der Waals surface area contributed by atoms with Crippen LogP contribution >= 0.6 is 0 Å². The zero-order valence-corrected chi connectivity index (χ0v) is 14.2. The summed E-state index contributed by atoms with van der Waals surface area (Å²) in [6.07, 6.45) is 2.06. The van der Waals surface area contributed by atoms with Crippen molar-refractivity contribution in [2.45, 2.75) is 6.04 Å². The van der Waals surface area contributed by atoms with Crippen molar-refractivity contribution in [1.29, 1.82) is 0 Å². The summed E-state index contributed by atoms with van der Waals surface area (Å²) in [6, 6.07) is 20.5. The Balaban J connectivity index is 1.71. The second kappa shape index (κ2) is 6.06. The Morgan fingerprint density at radius 1 is 0.815 bits per heavy atom. The van der Waals surface area contributed by atoms with Crippen LogP contribution in [0.15, 0.2) is 78.9 Å². The molecule has 4 aromatic rings. The van der Waals surface area contributed by atoms with E-state index in [1.54, 1.807) is 24.3 Å². The lowest BCUT2D eigenvalue weighted by Gasteiger charge is -2.26. The van der Waals surface area contributed by atoms with Gasteiger partial charge in [-0.2, -0.15) is 0 Å². The van der Waals surface area contributed by atoms with Gasteiger partial charge in [0, 0.05) is 5.70 Å². The molecule has 1 N–H and O–H groups in total. The lowest BCUT2D eigenvalue weighted by atomic mass is 10.0. The van der Waals surface area contributed by atoms with Crippen molar-refractivity contribution in [3.63, 3.8) is 0 Å². The second-order valence-electron chi connectivity index (χ2n) is 6.50. The molecule has 1 aromatic heterocycles. The van der Waals surface area contributed by atoms with Gasteiger partial charge in [-0.3, -0.25) is 4.57 Å². The van der Waals surface area contributed by atoms with Crippen LogP contribution in [0, 0.1) is 11.6 Å². The zero-order chi connectivity index (χ0) is 18.4. The third kappa shape index (κ3) is 2.68. The molecule has 0 saturated heterocycles. The molecule has 5 heteroatoms. The van der Waals surface area contributed by atoms with Crippen LogP contribution in [-0.4, -0.2) is 9.55 Å². The number of allylic oxidation sites excluding steroid dienone is 1. The van der Waals surface area contributed by atoms with Crippen molar-refractivity contribution < 1.29 is 8.78 Å². The molecule has 0 radical (unpaired) electrons. The zero-order valence-electron chi connectivity index (χ0n) is 14.2. The molecule has 1 aliphatic rings. The van der Waals surface area contributed by atoms with E-state index in [0.29, 0.717) is 5.95 Å². The van der Waals surface area contributed by atoms with Crippen molar-refractivity contribution in [2.75, 3.05) is 5.32 Å². The van der Waals surface area contributed by atoms with Gasteiger partial charge >= 0.3 is 0 Å². The van der Waals surface area contributed by atoms with Gasteiger partial charge in [-0.05, 0) is 65.7 Å². The topological polar surface area (TPSA) is 29.9 Å². The van der Waals surface area contributed by atoms with Crippen molar-refractivity contribution in [1.82, 2.24) is 9.55 Å². The van der Waals surface area contributed by atoms with E-state index in [0.717, 1.165) is 27.9 Å². The summed E-state index contributed by atoms with van der Waals surface area (Å²) in [4.78, 5) is 4.70. The number of halogens is 2. The van der Waals surface area contributed by atoms with E-state index < -0.39 is 0 Å². The van der Waals surface area contributed by atoms with E-state index in [2.05, 4.69) is 16.0 Å². The highest BCUT2D eigenvalue weighted by molar-refractivity contribution is 5.85. The molecule has 0 saturated carbocycles. The number of fused-ring (bicyclic) bond motifs is 3. The highest BCUT2D eigenvalue weighted by atomic mass is 19.1. The van der Waals surface area contributed by atoms with Crippen molar-refractivity contribution in [2.24, 2.45) is 0 Å². The van der Waals surface area contributed by atoms with E-state index in [1.165, 1.54) is 24.3 Å². The summed E-state index contributed by atoms with van der Waals surface area (Å²) in [5, 5.41) is 3.35. The smallest absolute Gasteiger partial charge is 0.209 e. The van der Waals surface area contributed by atoms with E-state index in [-0.39, 0.29) is 17.7 Å². The first kappa shape index (κ1) is 15.8. The van der Waals surface area contributed by atoms with Gasteiger partial charge in [0.15, 0.2) is 0 Å². The number of anilines is 1. The van der Waals surface area contributed by atoms with Gasteiger partial charge in [0.1, 0.15) is 11.6 Å².